The Hall–Kier alpha value is -3.49. The Morgan fingerprint density at radius 1 is 1.15 bits per heavy atom. The molecule has 1 N–H and O–H groups in total. The van der Waals surface area contributed by atoms with Crippen LogP contribution in [0.15, 0.2) is 60.6 Å². The van der Waals surface area contributed by atoms with Gasteiger partial charge in [-0.05, 0) is 24.3 Å². The number of thiazole rings is 1. The van der Waals surface area contributed by atoms with E-state index in [0.29, 0.717) is 22.8 Å². The van der Waals surface area contributed by atoms with Crippen LogP contribution in [-0.4, -0.2) is 48.4 Å². The van der Waals surface area contributed by atoms with Crippen LogP contribution in [0.1, 0.15) is 5.56 Å². The van der Waals surface area contributed by atoms with Crippen molar-refractivity contribution in [3.63, 3.8) is 0 Å². The average Bonchev–Trinajstić information content (AvgIpc) is 3.26. The molecule has 0 amide bonds. The molecule has 4 aromatic rings. The van der Waals surface area contributed by atoms with E-state index in [9.17, 15) is 0 Å². The number of benzene rings is 2. The number of hydrogen-bond acceptors (Lipinski definition) is 8. The van der Waals surface area contributed by atoms with E-state index in [1.165, 1.54) is 17.0 Å². The van der Waals surface area contributed by atoms with Gasteiger partial charge < -0.3 is 19.7 Å². The first-order valence-electron chi connectivity index (χ1n) is 10.8. The summed E-state index contributed by atoms with van der Waals surface area (Å²) in [5.74, 6) is 1.93. The minimum atomic E-state index is 0.375. The fourth-order valence-electron chi connectivity index (χ4n) is 4.36. The zero-order chi connectivity index (χ0) is 22.4. The van der Waals surface area contributed by atoms with E-state index in [1.54, 1.807) is 12.6 Å². The second kappa shape index (κ2) is 7.83. The molecule has 6 rings (SSSR count). The molecule has 0 atom stereocenters. The van der Waals surface area contributed by atoms with Gasteiger partial charge in [-0.25, -0.2) is 15.0 Å². The van der Waals surface area contributed by atoms with Crippen molar-refractivity contribution in [2.24, 2.45) is 5.41 Å². The van der Waals surface area contributed by atoms with Gasteiger partial charge in [-0.3, -0.25) is 0 Å². The molecule has 2 aromatic heterocycles. The summed E-state index contributed by atoms with van der Waals surface area (Å²) in [4.78, 5) is 17.3. The van der Waals surface area contributed by atoms with Crippen molar-refractivity contribution < 1.29 is 9.47 Å². The first-order valence-corrected chi connectivity index (χ1v) is 11.7. The van der Waals surface area contributed by atoms with E-state index in [0.717, 1.165) is 53.5 Å². The molecule has 166 valence electrons. The first-order chi connectivity index (χ1) is 16.1. The van der Waals surface area contributed by atoms with Crippen molar-refractivity contribution in [2.75, 3.05) is 43.6 Å². The Morgan fingerprint density at radius 2 is 2.00 bits per heavy atom. The Kier molecular flexibility index (Phi) is 4.78. The Labute approximate surface area is 195 Å². The fourth-order valence-corrected chi connectivity index (χ4v) is 5.02. The van der Waals surface area contributed by atoms with Crippen LogP contribution in [-0.2, 0) is 9.47 Å². The monoisotopic (exact) mass is 457 g/mol. The third-order valence-corrected chi connectivity index (χ3v) is 6.95. The van der Waals surface area contributed by atoms with E-state index in [4.69, 9.17) is 19.4 Å². The maximum absolute atomic E-state index is 5.40. The Bertz CT molecular complexity index is 1360. The number of methoxy groups -OCH3 is 1. The third-order valence-electron chi connectivity index (χ3n) is 6.23. The number of rotatable bonds is 6. The van der Waals surface area contributed by atoms with Crippen LogP contribution in [0.3, 0.4) is 0 Å². The van der Waals surface area contributed by atoms with Gasteiger partial charge in [0.15, 0.2) is 11.6 Å². The molecule has 0 bridgehead atoms. The van der Waals surface area contributed by atoms with Gasteiger partial charge >= 0.3 is 0 Å². The molecule has 7 nitrogen and oxygen atoms in total. The number of anilines is 3. The predicted molar refractivity (Wildman–Crippen MR) is 132 cm³/mol. The summed E-state index contributed by atoms with van der Waals surface area (Å²) in [7, 11) is 1.62. The van der Waals surface area contributed by atoms with Gasteiger partial charge in [-0.2, -0.15) is 0 Å². The minimum absolute atomic E-state index is 0.375. The molecule has 33 heavy (non-hydrogen) atoms. The van der Waals surface area contributed by atoms with Crippen LogP contribution in [0.2, 0.25) is 0 Å². The van der Waals surface area contributed by atoms with Crippen LogP contribution in [0.4, 0.5) is 17.2 Å². The fraction of sp³-hybridized carbons (Fsp3) is 0.240. The summed E-state index contributed by atoms with van der Waals surface area (Å²) in [6.45, 7) is 7.81. The van der Waals surface area contributed by atoms with Gasteiger partial charge in [0.2, 0.25) is 0 Å². The summed E-state index contributed by atoms with van der Waals surface area (Å²) >= 11 is 1.50. The van der Waals surface area contributed by atoms with E-state index in [1.807, 2.05) is 24.3 Å². The molecule has 2 aromatic carbocycles. The standard InChI is InChI=1S/C25H23N5O2S/c1-16(31-2)17-5-3-6-18(9-17)22-28-23(21-24(29-22)33-15-26-21)27-19-7-4-8-20(10-19)30-11-25(12-30)13-32-14-25/h3-10,15H,1,11-14H2,2H3,(H,27,28,29). The van der Waals surface area contributed by atoms with Crippen molar-refractivity contribution >= 4 is 44.6 Å². The summed E-state index contributed by atoms with van der Waals surface area (Å²) in [6, 6.07) is 16.3. The molecule has 2 saturated heterocycles. The van der Waals surface area contributed by atoms with Gasteiger partial charge in [0, 0.05) is 35.6 Å². The molecule has 4 heterocycles. The van der Waals surface area contributed by atoms with Gasteiger partial charge in [-0.1, -0.05) is 30.8 Å². The SMILES string of the molecule is C=C(OC)c1cccc(-c2nc(Nc3cccc(N4CC5(COC5)C4)c3)c3ncsc3n2)c1. The van der Waals surface area contributed by atoms with Crippen LogP contribution in [0.25, 0.3) is 27.5 Å². The number of nitrogens with zero attached hydrogens (tertiary/aromatic N) is 4. The number of aromatic nitrogens is 3. The van der Waals surface area contributed by atoms with Crippen molar-refractivity contribution in [3.8, 4) is 11.4 Å². The van der Waals surface area contributed by atoms with E-state index in [-0.39, 0.29) is 0 Å². The third kappa shape index (κ3) is 3.61. The molecular weight excluding hydrogens is 434 g/mol. The molecule has 0 aliphatic carbocycles. The second-order valence-electron chi connectivity index (χ2n) is 8.63. The van der Waals surface area contributed by atoms with Gasteiger partial charge in [0.25, 0.3) is 0 Å². The van der Waals surface area contributed by atoms with Crippen molar-refractivity contribution in [2.45, 2.75) is 0 Å². The van der Waals surface area contributed by atoms with E-state index in [2.05, 4.69) is 46.0 Å². The molecule has 0 saturated carbocycles. The minimum Gasteiger partial charge on any atom is -0.497 e. The van der Waals surface area contributed by atoms with Crippen LogP contribution >= 0.6 is 11.3 Å². The second-order valence-corrected chi connectivity index (χ2v) is 9.47. The summed E-state index contributed by atoms with van der Waals surface area (Å²) in [6.07, 6.45) is 0. The summed E-state index contributed by atoms with van der Waals surface area (Å²) in [5, 5.41) is 3.48. The van der Waals surface area contributed by atoms with Crippen molar-refractivity contribution in [1.29, 1.82) is 0 Å². The predicted octanol–water partition coefficient (Wildman–Crippen LogP) is 4.95. The summed E-state index contributed by atoms with van der Waals surface area (Å²) < 4.78 is 10.7. The van der Waals surface area contributed by atoms with E-state index >= 15 is 0 Å². The smallest absolute Gasteiger partial charge is 0.163 e. The molecule has 8 heteroatoms. The lowest BCUT2D eigenvalue weighted by Crippen LogP contribution is -2.66. The molecule has 0 unspecified atom stereocenters. The number of ether oxygens (including phenoxy) is 2. The first kappa shape index (κ1) is 20.1. The van der Waals surface area contributed by atoms with Crippen LogP contribution < -0.4 is 10.2 Å². The van der Waals surface area contributed by atoms with Crippen LogP contribution in [0.5, 0.6) is 0 Å². The van der Waals surface area contributed by atoms with Crippen molar-refractivity contribution in [1.82, 2.24) is 15.0 Å². The number of fused-ring (bicyclic) bond motifs is 1. The van der Waals surface area contributed by atoms with Crippen LogP contribution in [0, 0.1) is 5.41 Å². The molecule has 2 fully saturated rings. The highest BCUT2D eigenvalue weighted by Crippen LogP contribution is 2.41. The molecule has 0 radical (unpaired) electrons. The number of nitrogens with one attached hydrogen (secondary N) is 1. The zero-order valence-electron chi connectivity index (χ0n) is 18.2. The Morgan fingerprint density at radius 3 is 2.79 bits per heavy atom. The number of hydrogen-bond donors (Lipinski definition) is 1. The summed E-state index contributed by atoms with van der Waals surface area (Å²) in [5.41, 5.74) is 6.90. The molecule has 2 aliphatic heterocycles. The maximum Gasteiger partial charge on any atom is 0.163 e. The molecular formula is C25H23N5O2S. The van der Waals surface area contributed by atoms with Gasteiger partial charge in [-0.15, -0.1) is 11.3 Å². The molecule has 1 spiro atoms. The zero-order valence-corrected chi connectivity index (χ0v) is 19.1. The normalized spacial score (nSPS) is 16.3. The topological polar surface area (TPSA) is 72.4 Å². The lowest BCUT2D eigenvalue weighted by atomic mass is 9.78. The highest BCUT2D eigenvalue weighted by Gasteiger charge is 2.49. The van der Waals surface area contributed by atoms with Gasteiger partial charge in [0.05, 0.1) is 31.2 Å². The largest absolute Gasteiger partial charge is 0.497 e. The maximum atomic E-state index is 5.40. The lowest BCUT2D eigenvalue weighted by Gasteiger charge is -2.56. The molecule has 2 aliphatic rings. The quantitative estimate of drug-likeness (QED) is 0.411. The average molecular weight is 458 g/mol. The lowest BCUT2D eigenvalue weighted by molar-refractivity contribution is -0.127. The van der Waals surface area contributed by atoms with E-state index < -0.39 is 0 Å². The van der Waals surface area contributed by atoms with Crippen molar-refractivity contribution in [3.05, 3.63) is 66.2 Å². The highest BCUT2D eigenvalue weighted by atomic mass is 32.1. The van der Waals surface area contributed by atoms with Gasteiger partial charge in [0.1, 0.15) is 16.1 Å². The Balaban J connectivity index is 1.31. The highest BCUT2D eigenvalue weighted by molar-refractivity contribution is 7.16.